The van der Waals surface area contributed by atoms with Crippen molar-refractivity contribution in [3.05, 3.63) is 59.7 Å². The van der Waals surface area contributed by atoms with Crippen molar-refractivity contribution in [3.8, 4) is 11.3 Å². The van der Waals surface area contributed by atoms with Gasteiger partial charge in [0, 0.05) is 12.1 Å². The highest BCUT2D eigenvalue weighted by atomic mass is 16.4. The van der Waals surface area contributed by atoms with Crippen LogP contribution in [-0.2, 0) is 6.42 Å². The van der Waals surface area contributed by atoms with Gasteiger partial charge in [-0.05, 0) is 29.8 Å². The van der Waals surface area contributed by atoms with Crippen molar-refractivity contribution in [1.29, 1.82) is 0 Å². The SMILES string of the molecule is CCc1ccc(-c2nc(/C=N/O)[nH]c2C2=CCNC=C2)cc1. The number of aromatic nitrogens is 2. The number of dihydropyridines is 1. The molecule has 0 amide bonds. The molecule has 3 rings (SSSR count). The summed E-state index contributed by atoms with van der Waals surface area (Å²) in [5.74, 6) is 0.528. The standard InChI is InChI=1S/C17H18N4O/c1-2-12-3-5-13(6-4-12)16-17(14-7-9-18-10-8-14)21-15(20-16)11-19-22/h3-9,11,18,22H,2,10H2,1H3,(H,20,21)/b19-11+. The Kier molecular flexibility index (Phi) is 4.05. The summed E-state index contributed by atoms with van der Waals surface area (Å²) in [5.41, 5.74) is 5.18. The Labute approximate surface area is 129 Å². The molecule has 5 nitrogen and oxygen atoms in total. The van der Waals surface area contributed by atoms with E-state index in [4.69, 9.17) is 5.21 Å². The van der Waals surface area contributed by atoms with Crippen molar-refractivity contribution in [2.45, 2.75) is 13.3 Å². The molecule has 22 heavy (non-hydrogen) atoms. The molecule has 0 unspecified atom stereocenters. The third-order valence-corrected chi connectivity index (χ3v) is 3.65. The Hall–Kier alpha value is -2.82. The minimum absolute atomic E-state index is 0.528. The van der Waals surface area contributed by atoms with Crippen LogP contribution in [0.25, 0.3) is 16.8 Å². The third kappa shape index (κ3) is 2.79. The highest BCUT2D eigenvalue weighted by Gasteiger charge is 2.15. The number of allylic oxidation sites excluding steroid dienone is 2. The van der Waals surface area contributed by atoms with Crippen LogP contribution in [0.5, 0.6) is 0 Å². The van der Waals surface area contributed by atoms with Gasteiger partial charge in [0.15, 0.2) is 5.82 Å². The van der Waals surface area contributed by atoms with Crippen LogP contribution in [0.4, 0.5) is 0 Å². The predicted molar refractivity (Wildman–Crippen MR) is 87.9 cm³/mol. The van der Waals surface area contributed by atoms with Gasteiger partial charge < -0.3 is 15.5 Å². The largest absolute Gasteiger partial charge is 0.411 e. The fraction of sp³-hybridized carbons (Fsp3) is 0.176. The molecular weight excluding hydrogens is 276 g/mol. The lowest BCUT2D eigenvalue weighted by molar-refractivity contribution is 0.321. The van der Waals surface area contributed by atoms with Crippen LogP contribution in [0.3, 0.4) is 0 Å². The van der Waals surface area contributed by atoms with Gasteiger partial charge in [0.2, 0.25) is 0 Å². The van der Waals surface area contributed by atoms with E-state index in [-0.39, 0.29) is 0 Å². The number of benzene rings is 1. The summed E-state index contributed by atoms with van der Waals surface area (Å²) in [6.45, 7) is 2.91. The van der Waals surface area contributed by atoms with E-state index in [1.165, 1.54) is 11.8 Å². The minimum Gasteiger partial charge on any atom is -0.411 e. The number of H-pyrrole nitrogens is 1. The first-order chi connectivity index (χ1) is 10.8. The van der Waals surface area contributed by atoms with Crippen LogP contribution in [0, 0.1) is 0 Å². The van der Waals surface area contributed by atoms with Gasteiger partial charge in [0.1, 0.15) is 6.21 Å². The maximum atomic E-state index is 8.74. The van der Waals surface area contributed by atoms with Gasteiger partial charge in [0.25, 0.3) is 0 Å². The molecule has 0 aliphatic carbocycles. The molecule has 1 aliphatic rings. The number of oxime groups is 1. The van der Waals surface area contributed by atoms with E-state index in [0.29, 0.717) is 5.82 Å². The number of nitrogens with one attached hydrogen (secondary N) is 2. The monoisotopic (exact) mass is 294 g/mol. The van der Waals surface area contributed by atoms with E-state index in [9.17, 15) is 0 Å². The summed E-state index contributed by atoms with van der Waals surface area (Å²) in [5, 5.41) is 14.9. The number of aromatic amines is 1. The molecule has 3 N–H and O–H groups in total. The Bertz CT molecular complexity index is 739. The predicted octanol–water partition coefficient (Wildman–Crippen LogP) is 2.95. The maximum absolute atomic E-state index is 8.74. The normalized spacial score (nSPS) is 14.1. The average molecular weight is 294 g/mol. The van der Waals surface area contributed by atoms with Crippen LogP contribution in [0.2, 0.25) is 0 Å². The lowest BCUT2D eigenvalue weighted by atomic mass is 10.0. The summed E-state index contributed by atoms with van der Waals surface area (Å²) < 4.78 is 0. The van der Waals surface area contributed by atoms with Crippen LogP contribution in [0.15, 0.2) is 47.8 Å². The topological polar surface area (TPSA) is 73.3 Å². The summed E-state index contributed by atoms with van der Waals surface area (Å²) in [7, 11) is 0. The lowest BCUT2D eigenvalue weighted by Crippen LogP contribution is -2.08. The Morgan fingerprint density at radius 1 is 1.32 bits per heavy atom. The molecule has 0 fully saturated rings. The third-order valence-electron chi connectivity index (χ3n) is 3.65. The van der Waals surface area contributed by atoms with Gasteiger partial charge in [0.05, 0.1) is 11.4 Å². The second-order valence-corrected chi connectivity index (χ2v) is 5.04. The number of hydrogen-bond acceptors (Lipinski definition) is 4. The van der Waals surface area contributed by atoms with Crippen molar-refractivity contribution in [3.63, 3.8) is 0 Å². The molecule has 1 aromatic heterocycles. The van der Waals surface area contributed by atoms with Crippen molar-refractivity contribution >= 4 is 11.8 Å². The lowest BCUT2D eigenvalue weighted by Gasteiger charge is -2.09. The molecular formula is C17H18N4O. The highest BCUT2D eigenvalue weighted by Crippen LogP contribution is 2.28. The zero-order valence-electron chi connectivity index (χ0n) is 12.4. The van der Waals surface area contributed by atoms with Gasteiger partial charge in [-0.15, -0.1) is 0 Å². The van der Waals surface area contributed by atoms with Crippen LogP contribution in [-0.4, -0.2) is 27.9 Å². The zero-order valence-corrected chi connectivity index (χ0v) is 12.4. The van der Waals surface area contributed by atoms with E-state index in [2.05, 4.69) is 57.7 Å². The number of imidazole rings is 1. The van der Waals surface area contributed by atoms with Gasteiger partial charge in [-0.1, -0.05) is 42.4 Å². The van der Waals surface area contributed by atoms with E-state index in [0.717, 1.165) is 35.5 Å². The number of aryl methyl sites for hydroxylation is 1. The first kappa shape index (κ1) is 14.1. The molecule has 0 spiro atoms. The molecule has 2 aromatic rings. The molecule has 0 atom stereocenters. The number of nitrogens with zero attached hydrogens (tertiary/aromatic N) is 2. The van der Waals surface area contributed by atoms with Gasteiger partial charge in [-0.3, -0.25) is 0 Å². The van der Waals surface area contributed by atoms with Crippen molar-refractivity contribution in [2.24, 2.45) is 5.16 Å². The van der Waals surface area contributed by atoms with Gasteiger partial charge in [-0.25, -0.2) is 4.98 Å². The zero-order chi connectivity index (χ0) is 15.4. The summed E-state index contributed by atoms with van der Waals surface area (Å²) in [4.78, 5) is 7.75. The van der Waals surface area contributed by atoms with Crippen molar-refractivity contribution in [2.75, 3.05) is 6.54 Å². The molecule has 0 radical (unpaired) electrons. The molecule has 0 saturated heterocycles. The number of rotatable bonds is 4. The Balaban J connectivity index is 2.07. The Morgan fingerprint density at radius 2 is 2.14 bits per heavy atom. The van der Waals surface area contributed by atoms with Crippen LogP contribution < -0.4 is 5.32 Å². The highest BCUT2D eigenvalue weighted by molar-refractivity contribution is 5.86. The molecule has 112 valence electrons. The maximum Gasteiger partial charge on any atom is 0.153 e. The van der Waals surface area contributed by atoms with E-state index in [1.54, 1.807) is 0 Å². The Morgan fingerprint density at radius 3 is 2.77 bits per heavy atom. The average Bonchev–Trinajstić information content (AvgIpc) is 3.00. The first-order valence-corrected chi connectivity index (χ1v) is 7.29. The molecule has 0 bridgehead atoms. The quantitative estimate of drug-likeness (QED) is 0.461. The van der Waals surface area contributed by atoms with Crippen LogP contribution >= 0.6 is 0 Å². The molecule has 5 heteroatoms. The summed E-state index contributed by atoms with van der Waals surface area (Å²) >= 11 is 0. The van der Waals surface area contributed by atoms with E-state index < -0.39 is 0 Å². The summed E-state index contributed by atoms with van der Waals surface area (Å²) in [6.07, 6.45) is 8.33. The van der Waals surface area contributed by atoms with E-state index in [1.807, 2.05) is 12.3 Å². The second-order valence-electron chi connectivity index (χ2n) is 5.04. The van der Waals surface area contributed by atoms with Crippen molar-refractivity contribution < 1.29 is 5.21 Å². The molecule has 1 aliphatic heterocycles. The molecule has 0 saturated carbocycles. The van der Waals surface area contributed by atoms with E-state index >= 15 is 0 Å². The van der Waals surface area contributed by atoms with Gasteiger partial charge in [-0.2, -0.15) is 0 Å². The fourth-order valence-electron chi connectivity index (χ4n) is 2.46. The second kappa shape index (κ2) is 6.30. The molecule has 1 aromatic carbocycles. The summed E-state index contributed by atoms with van der Waals surface area (Å²) in [6, 6.07) is 8.37. The van der Waals surface area contributed by atoms with Crippen molar-refractivity contribution in [1.82, 2.24) is 15.3 Å². The van der Waals surface area contributed by atoms with Gasteiger partial charge >= 0.3 is 0 Å². The molecule has 2 heterocycles. The fourth-order valence-corrected chi connectivity index (χ4v) is 2.46. The number of hydrogen-bond donors (Lipinski definition) is 3. The van der Waals surface area contributed by atoms with Crippen LogP contribution in [0.1, 0.15) is 24.0 Å². The smallest absolute Gasteiger partial charge is 0.153 e. The first-order valence-electron chi connectivity index (χ1n) is 7.29. The minimum atomic E-state index is 0.528.